The molecule has 0 aliphatic carbocycles. The Labute approximate surface area is 119 Å². The number of hydrogen-bond acceptors (Lipinski definition) is 3. The second-order valence-corrected chi connectivity index (χ2v) is 4.82. The van der Waals surface area contributed by atoms with Crippen LogP contribution in [0.1, 0.15) is 5.56 Å². The van der Waals surface area contributed by atoms with Crippen LogP contribution in [0.4, 0.5) is 0 Å². The summed E-state index contributed by atoms with van der Waals surface area (Å²) in [6.45, 7) is 4.14. The molecule has 0 spiro atoms. The van der Waals surface area contributed by atoms with E-state index >= 15 is 0 Å². The van der Waals surface area contributed by atoms with Gasteiger partial charge in [-0.25, -0.2) is 0 Å². The molecule has 4 nitrogen and oxygen atoms in total. The number of methoxy groups -OCH3 is 1. The van der Waals surface area contributed by atoms with Gasteiger partial charge in [-0.2, -0.15) is 0 Å². The Balaban J connectivity index is 1.71. The van der Waals surface area contributed by atoms with E-state index in [1.54, 1.807) is 7.11 Å². The SMILES string of the molecule is COc1ccc(CCNC(=S)N2CCOCC2)cc1. The van der Waals surface area contributed by atoms with Crippen molar-refractivity contribution in [1.29, 1.82) is 0 Å². The van der Waals surface area contributed by atoms with Gasteiger partial charge in [0.05, 0.1) is 20.3 Å². The van der Waals surface area contributed by atoms with Gasteiger partial charge in [0.25, 0.3) is 0 Å². The fourth-order valence-electron chi connectivity index (χ4n) is 1.98. The molecule has 0 radical (unpaired) electrons. The molecule has 5 heteroatoms. The van der Waals surface area contributed by atoms with Crippen molar-refractivity contribution in [3.05, 3.63) is 29.8 Å². The van der Waals surface area contributed by atoms with Crippen LogP contribution in [-0.4, -0.2) is 50.0 Å². The topological polar surface area (TPSA) is 33.7 Å². The number of rotatable bonds is 4. The van der Waals surface area contributed by atoms with Crippen molar-refractivity contribution < 1.29 is 9.47 Å². The van der Waals surface area contributed by atoms with Gasteiger partial charge in [0.1, 0.15) is 5.75 Å². The zero-order chi connectivity index (χ0) is 13.5. The smallest absolute Gasteiger partial charge is 0.169 e. The number of thiocarbonyl (C=S) groups is 1. The van der Waals surface area contributed by atoms with E-state index in [1.165, 1.54) is 5.56 Å². The minimum Gasteiger partial charge on any atom is -0.497 e. The maximum absolute atomic E-state index is 5.37. The summed E-state index contributed by atoms with van der Waals surface area (Å²) >= 11 is 5.37. The second kappa shape index (κ2) is 7.31. The van der Waals surface area contributed by atoms with E-state index in [9.17, 15) is 0 Å². The van der Waals surface area contributed by atoms with Crippen molar-refractivity contribution in [3.63, 3.8) is 0 Å². The Bertz CT molecular complexity index is 402. The number of morpholine rings is 1. The first kappa shape index (κ1) is 14.1. The zero-order valence-electron chi connectivity index (χ0n) is 11.2. The first-order valence-electron chi connectivity index (χ1n) is 6.53. The summed E-state index contributed by atoms with van der Waals surface area (Å²) in [7, 11) is 1.68. The first-order valence-corrected chi connectivity index (χ1v) is 6.94. The Morgan fingerprint density at radius 2 is 2.00 bits per heavy atom. The van der Waals surface area contributed by atoms with Crippen LogP contribution in [0.2, 0.25) is 0 Å². The highest BCUT2D eigenvalue weighted by Gasteiger charge is 2.12. The molecule has 1 aliphatic rings. The summed E-state index contributed by atoms with van der Waals surface area (Å²) in [4.78, 5) is 2.16. The quantitative estimate of drug-likeness (QED) is 0.844. The van der Waals surface area contributed by atoms with Gasteiger partial charge >= 0.3 is 0 Å². The summed E-state index contributed by atoms with van der Waals surface area (Å²) in [5.74, 6) is 0.889. The van der Waals surface area contributed by atoms with Crippen molar-refractivity contribution >= 4 is 17.3 Å². The van der Waals surface area contributed by atoms with Crippen LogP contribution in [0.25, 0.3) is 0 Å². The van der Waals surface area contributed by atoms with Crippen LogP contribution in [0.5, 0.6) is 5.75 Å². The van der Waals surface area contributed by atoms with E-state index in [2.05, 4.69) is 22.3 Å². The van der Waals surface area contributed by atoms with Crippen LogP contribution >= 0.6 is 12.2 Å². The first-order chi connectivity index (χ1) is 9.29. The second-order valence-electron chi connectivity index (χ2n) is 4.43. The minimum absolute atomic E-state index is 0.764. The maximum Gasteiger partial charge on any atom is 0.169 e. The molecule has 0 unspecified atom stereocenters. The molecular weight excluding hydrogens is 260 g/mol. The number of benzene rings is 1. The van der Waals surface area contributed by atoms with Crippen LogP contribution < -0.4 is 10.1 Å². The number of nitrogens with one attached hydrogen (secondary N) is 1. The van der Waals surface area contributed by atoms with Crippen LogP contribution in [0, 0.1) is 0 Å². The van der Waals surface area contributed by atoms with Crippen LogP contribution in [0.15, 0.2) is 24.3 Å². The zero-order valence-corrected chi connectivity index (χ0v) is 12.0. The third kappa shape index (κ3) is 4.36. The largest absolute Gasteiger partial charge is 0.497 e. The standard InChI is InChI=1S/C14H20N2O2S/c1-17-13-4-2-12(3-5-13)6-7-15-14(19)16-8-10-18-11-9-16/h2-5H,6-11H2,1H3,(H,15,19). The van der Waals surface area contributed by atoms with Gasteiger partial charge in [0.15, 0.2) is 5.11 Å². The van der Waals surface area contributed by atoms with Gasteiger partial charge in [0, 0.05) is 19.6 Å². The van der Waals surface area contributed by atoms with Gasteiger partial charge in [-0.15, -0.1) is 0 Å². The molecule has 2 rings (SSSR count). The Kier molecular flexibility index (Phi) is 5.42. The van der Waals surface area contributed by atoms with Gasteiger partial charge in [-0.1, -0.05) is 12.1 Å². The molecule has 1 saturated heterocycles. The van der Waals surface area contributed by atoms with E-state index in [0.717, 1.165) is 50.1 Å². The molecule has 1 aromatic rings. The molecule has 0 bridgehead atoms. The highest BCUT2D eigenvalue weighted by atomic mass is 32.1. The normalized spacial score (nSPS) is 15.1. The van der Waals surface area contributed by atoms with Crippen molar-refractivity contribution in [3.8, 4) is 5.75 Å². The highest BCUT2D eigenvalue weighted by molar-refractivity contribution is 7.80. The lowest BCUT2D eigenvalue weighted by Crippen LogP contribution is -2.46. The Morgan fingerprint density at radius 1 is 1.32 bits per heavy atom. The van der Waals surface area contributed by atoms with Crippen LogP contribution in [-0.2, 0) is 11.2 Å². The van der Waals surface area contributed by atoms with Crippen molar-refractivity contribution in [2.45, 2.75) is 6.42 Å². The molecule has 1 aliphatic heterocycles. The third-order valence-electron chi connectivity index (χ3n) is 3.15. The average Bonchev–Trinajstić information content (AvgIpc) is 2.49. The van der Waals surface area contributed by atoms with Crippen molar-refractivity contribution in [1.82, 2.24) is 10.2 Å². The van der Waals surface area contributed by atoms with E-state index in [4.69, 9.17) is 21.7 Å². The maximum atomic E-state index is 5.37. The average molecular weight is 280 g/mol. The number of nitrogens with zero attached hydrogens (tertiary/aromatic N) is 1. The van der Waals surface area contributed by atoms with Gasteiger partial charge in [0.2, 0.25) is 0 Å². The molecule has 1 N–H and O–H groups in total. The van der Waals surface area contributed by atoms with E-state index in [1.807, 2.05) is 12.1 Å². The van der Waals surface area contributed by atoms with E-state index in [0.29, 0.717) is 0 Å². The predicted octanol–water partition coefficient (Wildman–Crippen LogP) is 1.44. The predicted molar refractivity (Wildman–Crippen MR) is 79.7 cm³/mol. The molecule has 0 saturated carbocycles. The molecule has 1 aromatic carbocycles. The third-order valence-corrected chi connectivity index (χ3v) is 3.55. The molecule has 19 heavy (non-hydrogen) atoms. The van der Waals surface area contributed by atoms with E-state index < -0.39 is 0 Å². The lowest BCUT2D eigenvalue weighted by Gasteiger charge is -2.29. The molecule has 104 valence electrons. The summed E-state index contributed by atoms with van der Waals surface area (Å²) < 4.78 is 10.4. The van der Waals surface area contributed by atoms with Crippen LogP contribution in [0.3, 0.4) is 0 Å². The highest BCUT2D eigenvalue weighted by Crippen LogP contribution is 2.11. The summed E-state index contributed by atoms with van der Waals surface area (Å²) in [5.41, 5.74) is 1.28. The summed E-state index contributed by atoms with van der Waals surface area (Å²) in [6, 6.07) is 8.13. The van der Waals surface area contributed by atoms with Crippen molar-refractivity contribution in [2.24, 2.45) is 0 Å². The molecular formula is C14H20N2O2S. The molecule has 1 fully saturated rings. The minimum atomic E-state index is 0.764. The summed E-state index contributed by atoms with van der Waals surface area (Å²) in [6.07, 6.45) is 0.953. The van der Waals surface area contributed by atoms with Crippen molar-refractivity contribution in [2.75, 3.05) is 40.0 Å². The van der Waals surface area contributed by atoms with E-state index in [-0.39, 0.29) is 0 Å². The monoisotopic (exact) mass is 280 g/mol. The van der Waals surface area contributed by atoms with Gasteiger partial charge < -0.3 is 19.7 Å². The number of ether oxygens (including phenoxy) is 2. The fraction of sp³-hybridized carbons (Fsp3) is 0.500. The Hall–Kier alpha value is -1.33. The van der Waals surface area contributed by atoms with Gasteiger partial charge in [-0.05, 0) is 36.3 Å². The molecule has 0 aromatic heterocycles. The molecule has 0 amide bonds. The Morgan fingerprint density at radius 3 is 2.63 bits per heavy atom. The lowest BCUT2D eigenvalue weighted by atomic mass is 10.1. The fourth-order valence-corrected chi connectivity index (χ4v) is 2.27. The lowest BCUT2D eigenvalue weighted by molar-refractivity contribution is 0.0677. The molecule has 1 heterocycles. The number of hydrogen-bond donors (Lipinski definition) is 1. The summed E-state index contributed by atoms with van der Waals surface area (Å²) in [5, 5.41) is 4.13. The van der Waals surface area contributed by atoms with Gasteiger partial charge in [-0.3, -0.25) is 0 Å². The molecule has 0 atom stereocenters.